The molecule has 5 nitrogen and oxygen atoms in total. The van der Waals surface area contributed by atoms with Crippen LogP contribution >= 0.6 is 11.3 Å². The second-order valence-corrected chi connectivity index (χ2v) is 4.42. The minimum absolute atomic E-state index is 0.353. The van der Waals surface area contributed by atoms with Gasteiger partial charge < -0.3 is 4.74 Å². The van der Waals surface area contributed by atoms with Crippen LogP contribution in [0.4, 0.5) is 0 Å². The van der Waals surface area contributed by atoms with Gasteiger partial charge in [0.25, 0.3) is 0 Å². The van der Waals surface area contributed by atoms with E-state index in [4.69, 9.17) is 4.74 Å². The van der Waals surface area contributed by atoms with Crippen LogP contribution in [0.15, 0.2) is 23.8 Å². The van der Waals surface area contributed by atoms with Crippen LogP contribution in [-0.2, 0) is 16.6 Å². The van der Waals surface area contributed by atoms with Gasteiger partial charge in [-0.1, -0.05) is 0 Å². The Hall–Kier alpha value is -1.95. The molecule has 2 heterocycles. The first-order chi connectivity index (χ1) is 8.69. The number of aromatic nitrogens is 3. The van der Waals surface area contributed by atoms with E-state index in [9.17, 15) is 4.79 Å². The second-order valence-electron chi connectivity index (χ2n) is 3.57. The summed E-state index contributed by atoms with van der Waals surface area (Å²) in [6, 6.07) is 0. The fourth-order valence-corrected chi connectivity index (χ4v) is 2.13. The molecule has 0 fully saturated rings. The minimum Gasteiger partial charge on any atom is -0.463 e. The zero-order valence-electron chi connectivity index (χ0n) is 10.2. The number of thiazole rings is 1. The number of ether oxygens (including phenoxy) is 1. The van der Waals surface area contributed by atoms with Gasteiger partial charge in [-0.25, -0.2) is 9.78 Å². The van der Waals surface area contributed by atoms with Crippen molar-refractivity contribution >= 4 is 23.4 Å². The summed E-state index contributed by atoms with van der Waals surface area (Å²) < 4.78 is 6.52. The summed E-state index contributed by atoms with van der Waals surface area (Å²) in [6.45, 7) is 2.15. The van der Waals surface area contributed by atoms with E-state index in [1.807, 2.05) is 18.6 Å². The zero-order chi connectivity index (χ0) is 13.0. The van der Waals surface area contributed by atoms with Crippen molar-refractivity contribution in [2.24, 2.45) is 7.05 Å². The van der Waals surface area contributed by atoms with Gasteiger partial charge in [0, 0.05) is 30.3 Å². The summed E-state index contributed by atoms with van der Waals surface area (Å²) in [5.41, 5.74) is 1.71. The lowest BCUT2D eigenvalue weighted by Crippen LogP contribution is -1.98. The van der Waals surface area contributed by atoms with Gasteiger partial charge in [-0.15, -0.1) is 11.3 Å². The topological polar surface area (TPSA) is 57.0 Å². The first kappa shape index (κ1) is 12.5. The first-order valence-corrected chi connectivity index (χ1v) is 6.36. The molecule has 0 amide bonds. The van der Waals surface area contributed by atoms with E-state index >= 15 is 0 Å². The summed E-state index contributed by atoms with van der Waals surface area (Å²) >= 11 is 1.51. The molecule has 0 aliphatic rings. The molecule has 0 saturated carbocycles. The van der Waals surface area contributed by atoms with E-state index in [-0.39, 0.29) is 5.97 Å². The maximum atomic E-state index is 11.1. The monoisotopic (exact) mass is 263 g/mol. The SMILES string of the molecule is CCOC(=O)C=Cc1csc(-c2cnn(C)c2)n1. The van der Waals surface area contributed by atoms with Gasteiger partial charge in [-0.2, -0.15) is 5.10 Å². The average Bonchev–Trinajstić information content (AvgIpc) is 2.95. The highest BCUT2D eigenvalue weighted by Gasteiger charge is 2.05. The van der Waals surface area contributed by atoms with Crippen LogP contribution < -0.4 is 0 Å². The fraction of sp³-hybridized carbons (Fsp3) is 0.250. The van der Waals surface area contributed by atoms with Gasteiger partial charge in [0.2, 0.25) is 0 Å². The van der Waals surface area contributed by atoms with Gasteiger partial charge in [-0.3, -0.25) is 4.68 Å². The largest absolute Gasteiger partial charge is 0.463 e. The zero-order valence-corrected chi connectivity index (χ0v) is 11.0. The summed E-state index contributed by atoms with van der Waals surface area (Å²) in [5, 5.41) is 6.86. The number of carbonyl (C=O) groups is 1. The Morgan fingerprint density at radius 1 is 1.61 bits per heavy atom. The van der Waals surface area contributed by atoms with E-state index in [1.165, 1.54) is 17.4 Å². The molecule has 0 atom stereocenters. The summed E-state index contributed by atoms with van der Waals surface area (Å²) in [4.78, 5) is 15.5. The highest BCUT2D eigenvalue weighted by Crippen LogP contribution is 2.23. The van der Waals surface area contributed by atoms with Gasteiger partial charge in [0.15, 0.2) is 0 Å². The van der Waals surface area contributed by atoms with Crippen LogP contribution in [0, 0.1) is 0 Å². The van der Waals surface area contributed by atoms with E-state index in [2.05, 4.69) is 10.1 Å². The number of hydrogen-bond acceptors (Lipinski definition) is 5. The lowest BCUT2D eigenvalue weighted by molar-refractivity contribution is -0.137. The fourth-order valence-electron chi connectivity index (χ4n) is 1.37. The smallest absolute Gasteiger partial charge is 0.330 e. The third kappa shape index (κ3) is 3.04. The molecule has 0 unspecified atom stereocenters. The molecule has 18 heavy (non-hydrogen) atoms. The lowest BCUT2D eigenvalue weighted by atomic mass is 10.4. The van der Waals surface area contributed by atoms with E-state index in [0.29, 0.717) is 6.61 Å². The molecule has 2 aromatic rings. The molecule has 2 rings (SSSR count). The van der Waals surface area contributed by atoms with Crippen LogP contribution in [0.5, 0.6) is 0 Å². The normalized spacial score (nSPS) is 11.0. The number of rotatable bonds is 4. The van der Waals surface area contributed by atoms with Crippen LogP contribution in [-0.4, -0.2) is 27.3 Å². The second kappa shape index (κ2) is 5.59. The highest BCUT2D eigenvalue weighted by molar-refractivity contribution is 7.13. The van der Waals surface area contributed by atoms with Crippen LogP contribution in [0.2, 0.25) is 0 Å². The minimum atomic E-state index is -0.353. The van der Waals surface area contributed by atoms with Gasteiger partial charge >= 0.3 is 5.97 Å². The van der Waals surface area contributed by atoms with E-state index in [1.54, 1.807) is 23.9 Å². The van der Waals surface area contributed by atoms with Crippen molar-refractivity contribution in [3.05, 3.63) is 29.5 Å². The van der Waals surface area contributed by atoms with Crippen molar-refractivity contribution in [2.75, 3.05) is 6.61 Å². The number of hydrogen-bond donors (Lipinski definition) is 0. The van der Waals surface area contributed by atoms with E-state index < -0.39 is 0 Å². The number of nitrogens with zero attached hydrogens (tertiary/aromatic N) is 3. The van der Waals surface area contributed by atoms with Crippen molar-refractivity contribution in [3.63, 3.8) is 0 Å². The Kier molecular flexibility index (Phi) is 3.88. The molecule has 0 bridgehead atoms. The predicted octanol–water partition coefficient (Wildman–Crippen LogP) is 2.12. The molecule has 0 radical (unpaired) electrons. The molecule has 0 spiro atoms. The Morgan fingerprint density at radius 2 is 2.44 bits per heavy atom. The maximum Gasteiger partial charge on any atom is 0.330 e. The van der Waals surface area contributed by atoms with E-state index in [0.717, 1.165) is 16.3 Å². The quantitative estimate of drug-likeness (QED) is 0.626. The van der Waals surface area contributed by atoms with Gasteiger partial charge in [0.1, 0.15) is 5.01 Å². The Morgan fingerprint density at radius 3 is 3.11 bits per heavy atom. The maximum absolute atomic E-state index is 11.1. The van der Waals surface area contributed by atoms with Crippen LogP contribution in [0.1, 0.15) is 12.6 Å². The van der Waals surface area contributed by atoms with Crippen LogP contribution in [0.3, 0.4) is 0 Å². The first-order valence-electron chi connectivity index (χ1n) is 5.48. The standard InChI is InChI=1S/C12H13N3O2S/c1-3-17-11(16)5-4-10-8-18-12(14-10)9-6-13-15(2)7-9/h4-8H,3H2,1-2H3. The van der Waals surface area contributed by atoms with Gasteiger partial charge in [0.05, 0.1) is 18.5 Å². The number of carbonyl (C=O) groups excluding carboxylic acids is 1. The lowest BCUT2D eigenvalue weighted by Gasteiger charge is -1.93. The number of aryl methyl sites for hydroxylation is 1. The molecule has 2 aromatic heterocycles. The molecule has 0 aliphatic heterocycles. The molecule has 6 heteroatoms. The van der Waals surface area contributed by atoms with Crippen molar-refractivity contribution in [3.8, 4) is 10.6 Å². The Balaban J connectivity index is 2.09. The Labute approximate surface area is 109 Å². The average molecular weight is 263 g/mol. The van der Waals surface area contributed by atoms with Crippen molar-refractivity contribution in [1.29, 1.82) is 0 Å². The van der Waals surface area contributed by atoms with Crippen molar-refractivity contribution in [2.45, 2.75) is 6.92 Å². The molecular formula is C12H13N3O2S. The molecule has 0 aromatic carbocycles. The molecule has 0 saturated heterocycles. The highest BCUT2D eigenvalue weighted by atomic mass is 32.1. The van der Waals surface area contributed by atoms with Crippen molar-refractivity contribution in [1.82, 2.24) is 14.8 Å². The van der Waals surface area contributed by atoms with Crippen LogP contribution in [0.25, 0.3) is 16.6 Å². The molecule has 0 N–H and O–H groups in total. The molecule has 94 valence electrons. The molecular weight excluding hydrogens is 250 g/mol. The Bertz CT molecular complexity index is 571. The molecule has 0 aliphatic carbocycles. The summed E-state index contributed by atoms with van der Waals surface area (Å²) in [5.74, 6) is -0.353. The van der Waals surface area contributed by atoms with Crippen molar-refractivity contribution < 1.29 is 9.53 Å². The predicted molar refractivity (Wildman–Crippen MR) is 70.0 cm³/mol. The summed E-state index contributed by atoms with van der Waals surface area (Å²) in [6.07, 6.45) is 6.69. The third-order valence-corrected chi connectivity index (χ3v) is 3.06. The third-order valence-electron chi connectivity index (χ3n) is 2.15. The number of esters is 1. The summed E-state index contributed by atoms with van der Waals surface area (Å²) in [7, 11) is 1.86. The van der Waals surface area contributed by atoms with Gasteiger partial charge in [-0.05, 0) is 13.0 Å².